The van der Waals surface area contributed by atoms with Gasteiger partial charge in [-0.2, -0.15) is 0 Å². The number of rotatable bonds is 11. The summed E-state index contributed by atoms with van der Waals surface area (Å²) in [4.78, 5) is 0. The molecule has 1 rings (SSSR count). The van der Waals surface area contributed by atoms with Crippen molar-refractivity contribution in [2.24, 2.45) is 5.92 Å². The lowest BCUT2D eigenvalue weighted by molar-refractivity contribution is 0.291. The Morgan fingerprint density at radius 3 is 2.39 bits per heavy atom. The normalized spacial score (nSPS) is 19.2. The topological polar surface area (TPSA) is 9.23 Å². The SMILES string of the molecule is CCCCCCCCC1C=C(CCO[Si](C)(C)C(C)(C)C)CC1. The van der Waals surface area contributed by atoms with Crippen LogP contribution in [0.5, 0.6) is 0 Å². The van der Waals surface area contributed by atoms with E-state index >= 15 is 0 Å². The summed E-state index contributed by atoms with van der Waals surface area (Å²) in [6, 6.07) is 0. The fraction of sp³-hybridized carbons (Fsp3) is 0.905. The first-order valence-electron chi connectivity index (χ1n) is 10.1. The molecule has 0 amide bonds. The second-order valence-corrected chi connectivity index (χ2v) is 13.8. The lowest BCUT2D eigenvalue weighted by Gasteiger charge is -2.36. The number of hydrogen-bond acceptors (Lipinski definition) is 1. The highest BCUT2D eigenvalue weighted by Crippen LogP contribution is 2.37. The van der Waals surface area contributed by atoms with Gasteiger partial charge in [0.05, 0.1) is 0 Å². The highest BCUT2D eigenvalue weighted by Gasteiger charge is 2.36. The minimum absolute atomic E-state index is 0.331. The van der Waals surface area contributed by atoms with E-state index in [-0.39, 0.29) is 0 Å². The van der Waals surface area contributed by atoms with Crippen LogP contribution in [0.4, 0.5) is 0 Å². The van der Waals surface area contributed by atoms with E-state index in [0.29, 0.717) is 5.04 Å². The van der Waals surface area contributed by atoms with E-state index in [9.17, 15) is 0 Å². The predicted octanol–water partition coefficient (Wildman–Crippen LogP) is 7.49. The summed E-state index contributed by atoms with van der Waals surface area (Å²) >= 11 is 0. The lowest BCUT2D eigenvalue weighted by atomic mass is 10.00. The fourth-order valence-electron chi connectivity index (χ4n) is 3.15. The first-order chi connectivity index (χ1) is 10.8. The molecule has 23 heavy (non-hydrogen) atoms. The molecule has 1 atom stereocenters. The minimum atomic E-state index is -1.56. The third-order valence-electron chi connectivity index (χ3n) is 5.93. The molecule has 0 aromatic rings. The number of hydrogen-bond donors (Lipinski definition) is 0. The molecule has 0 N–H and O–H groups in total. The summed E-state index contributed by atoms with van der Waals surface area (Å²) < 4.78 is 6.33. The van der Waals surface area contributed by atoms with E-state index in [4.69, 9.17) is 4.43 Å². The Labute approximate surface area is 147 Å². The third kappa shape index (κ3) is 8.02. The quantitative estimate of drug-likeness (QED) is 0.215. The molecule has 0 saturated carbocycles. The maximum Gasteiger partial charge on any atom is 0.191 e. The van der Waals surface area contributed by atoms with Gasteiger partial charge in [0.25, 0.3) is 0 Å². The first-order valence-corrected chi connectivity index (χ1v) is 13.0. The van der Waals surface area contributed by atoms with Gasteiger partial charge in [-0.25, -0.2) is 0 Å². The van der Waals surface area contributed by atoms with Crippen molar-refractivity contribution in [3.63, 3.8) is 0 Å². The van der Waals surface area contributed by atoms with Crippen molar-refractivity contribution >= 4 is 8.32 Å². The molecule has 0 spiro atoms. The van der Waals surface area contributed by atoms with E-state index in [1.165, 1.54) is 64.2 Å². The number of unbranched alkanes of at least 4 members (excludes halogenated alkanes) is 5. The van der Waals surface area contributed by atoms with Crippen molar-refractivity contribution in [2.45, 2.75) is 110 Å². The molecule has 0 aromatic heterocycles. The van der Waals surface area contributed by atoms with Crippen LogP contribution >= 0.6 is 0 Å². The van der Waals surface area contributed by atoms with E-state index in [0.717, 1.165) is 12.5 Å². The van der Waals surface area contributed by atoms with Crippen molar-refractivity contribution < 1.29 is 4.43 Å². The summed E-state index contributed by atoms with van der Waals surface area (Å²) in [6.45, 7) is 14.9. The second-order valence-electron chi connectivity index (χ2n) is 9.04. The molecule has 136 valence electrons. The van der Waals surface area contributed by atoms with Crippen molar-refractivity contribution in [1.29, 1.82) is 0 Å². The van der Waals surface area contributed by atoms with Crippen LogP contribution in [0.3, 0.4) is 0 Å². The summed E-state index contributed by atoms with van der Waals surface area (Å²) in [7, 11) is -1.56. The minimum Gasteiger partial charge on any atom is -0.417 e. The van der Waals surface area contributed by atoms with Crippen LogP contribution in [-0.2, 0) is 4.43 Å². The standard InChI is InChI=1S/C21H42OSi/c1-7-8-9-10-11-12-13-19-14-15-20(18-19)16-17-22-23(5,6)21(2,3)4/h18-19H,7-17H2,1-6H3. The van der Waals surface area contributed by atoms with Crippen molar-refractivity contribution in [3.8, 4) is 0 Å². The Kier molecular flexibility index (Phi) is 9.14. The van der Waals surface area contributed by atoms with Gasteiger partial charge in [-0.05, 0) is 49.7 Å². The van der Waals surface area contributed by atoms with Gasteiger partial charge in [-0.1, -0.05) is 77.9 Å². The van der Waals surface area contributed by atoms with Crippen LogP contribution in [0.1, 0.15) is 91.9 Å². The Morgan fingerprint density at radius 2 is 1.74 bits per heavy atom. The molecule has 1 aliphatic carbocycles. The molecule has 0 aliphatic heterocycles. The van der Waals surface area contributed by atoms with Crippen LogP contribution in [0.2, 0.25) is 18.1 Å². The van der Waals surface area contributed by atoms with E-state index in [2.05, 4.69) is 46.9 Å². The molecule has 0 saturated heterocycles. The molecule has 1 aliphatic rings. The highest BCUT2D eigenvalue weighted by molar-refractivity contribution is 6.74. The molecule has 0 aromatic carbocycles. The molecule has 1 nitrogen and oxygen atoms in total. The average Bonchev–Trinajstić information content (AvgIpc) is 2.89. The van der Waals surface area contributed by atoms with Gasteiger partial charge >= 0.3 is 0 Å². The zero-order valence-electron chi connectivity index (χ0n) is 16.8. The van der Waals surface area contributed by atoms with Crippen LogP contribution in [0.15, 0.2) is 11.6 Å². The largest absolute Gasteiger partial charge is 0.417 e. The van der Waals surface area contributed by atoms with E-state index in [1.807, 2.05) is 0 Å². The van der Waals surface area contributed by atoms with Crippen LogP contribution in [0, 0.1) is 5.92 Å². The Morgan fingerprint density at radius 1 is 1.09 bits per heavy atom. The fourth-order valence-corrected chi connectivity index (χ4v) is 4.19. The molecule has 2 heteroatoms. The van der Waals surface area contributed by atoms with E-state index in [1.54, 1.807) is 5.57 Å². The smallest absolute Gasteiger partial charge is 0.191 e. The monoisotopic (exact) mass is 338 g/mol. The van der Waals surface area contributed by atoms with Crippen molar-refractivity contribution in [2.75, 3.05) is 6.61 Å². The summed E-state index contributed by atoms with van der Waals surface area (Å²) in [5.41, 5.74) is 1.67. The van der Waals surface area contributed by atoms with Gasteiger partial charge in [0.2, 0.25) is 0 Å². The molecular weight excluding hydrogens is 296 g/mol. The Hall–Kier alpha value is -0.0831. The van der Waals surface area contributed by atoms with Gasteiger partial charge in [0.1, 0.15) is 0 Å². The average molecular weight is 339 g/mol. The highest BCUT2D eigenvalue weighted by atomic mass is 28.4. The summed E-state index contributed by atoms with van der Waals surface area (Å²) in [5.74, 6) is 0.865. The van der Waals surface area contributed by atoms with Gasteiger partial charge < -0.3 is 4.43 Å². The van der Waals surface area contributed by atoms with Crippen molar-refractivity contribution in [1.82, 2.24) is 0 Å². The molecule has 0 bridgehead atoms. The van der Waals surface area contributed by atoms with Crippen molar-refractivity contribution in [3.05, 3.63) is 11.6 Å². The van der Waals surface area contributed by atoms with Gasteiger partial charge in [0, 0.05) is 6.61 Å². The maximum absolute atomic E-state index is 6.33. The van der Waals surface area contributed by atoms with Crippen LogP contribution in [0.25, 0.3) is 0 Å². The number of allylic oxidation sites excluding steroid dienone is 1. The van der Waals surface area contributed by atoms with Gasteiger partial charge in [-0.3, -0.25) is 0 Å². The van der Waals surface area contributed by atoms with Crippen LogP contribution in [-0.4, -0.2) is 14.9 Å². The maximum atomic E-state index is 6.33. The molecule has 0 radical (unpaired) electrons. The molecule has 0 fully saturated rings. The lowest BCUT2D eigenvalue weighted by Crippen LogP contribution is -2.41. The molecule has 1 unspecified atom stereocenters. The van der Waals surface area contributed by atoms with Gasteiger partial charge in [0.15, 0.2) is 8.32 Å². The third-order valence-corrected chi connectivity index (χ3v) is 10.5. The zero-order chi connectivity index (χ0) is 17.3. The summed E-state index contributed by atoms with van der Waals surface area (Å²) in [6.07, 6.45) is 16.4. The second kappa shape index (κ2) is 10.0. The Balaban J connectivity index is 2.17. The summed E-state index contributed by atoms with van der Waals surface area (Å²) in [5, 5.41) is 0.331. The van der Waals surface area contributed by atoms with Gasteiger partial charge in [-0.15, -0.1) is 0 Å². The zero-order valence-corrected chi connectivity index (χ0v) is 17.8. The molecular formula is C21H42OSi. The Bertz CT molecular complexity index is 351. The first kappa shape index (κ1) is 21.0. The predicted molar refractivity (Wildman–Crippen MR) is 107 cm³/mol. The van der Waals surface area contributed by atoms with E-state index < -0.39 is 8.32 Å². The van der Waals surface area contributed by atoms with Crippen LogP contribution < -0.4 is 0 Å². The molecule has 0 heterocycles.